The molecule has 3 rings (SSSR count). The molecule has 3 heteroatoms. The van der Waals surface area contributed by atoms with Crippen molar-refractivity contribution in [2.24, 2.45) is 0 Å². The van der Waals surface area contributed by atoms with Gasteiger partial charge >= 0.3 is 0 Å². The average molecular weight is 309 g/mol. The number of hydrogen-bond acceptors (Lipinski definition) is 2. The van der Waals surface area contributed by atoms with Crippen molar-refractivity contribution >= 4 is 11.6 Å². The third kappa shape index (κ3) is 3.39. The third-order valence-electron chi connectivity index (χ3n) is 4.31. The Morgan fingerprint density at radius 2 is 2.00 bits per heavy atom. The Morgan fingerprint density at radius 3 is 2.83 bits per heavy atom. The van der Waals surface area contributed by atoms with E-state index in [9.17, 15) is 4.79 Å². The minimum Gasteiger partial charge on any atom is -0.493 e. The standard InChI is InChI=1S/C20H23NO2/c1-3-4-11-23-19-8-6-5-7-15(19)13-17-16-12-14(2)9-10-18(16)21-20(17)22/h5-10,12,17H,3-4,11,13H2,1-2H3,(H,21,22). The van der Waals surface area contributed by atoms with Crippen LogP contribution in [0.15, 0.2) is 42.5 Å². The highest BCUT2D eigenvalue weighted by Crippen LogP contribution is 2.36. The van der Waals surface area contributed by atoms with Crippen LogP contribution < -0.4 is 10.1 Å². The summed E-state index contributed by atoms with van der Waals surface area (Å²) < 4.78 is 5.90. The van der Waals surface area contributed by atoms with Crippen LogP contribution in [-0.4, -0.2) is 12.5 Å². The number of ether oxygens (including phenoxy) is 1. The first-order chi connectivity index (χ1) is 11.2. The molecular weight excluding hydrogens is 286 g/mol. The fraction of sp³-hybridized carbons (Fsp3) is 0.350. The van der Waals surface area contributed by atoms with E-state index in [2.05, 4.69) is 31.3 Å². The van der Waals surface area contributed by atoms with Gasteiger partial charge < -0.3 is 10.1 Å². The quantitative estimate of drug-likeness (QED) is 0.800. The van der Waals surface area contributed by atoms with Crippen molar-refractivity contribution in [3.8, 4) is 5.75 Å². The normalized spacial score (nSPS) is 16.1. The summed E-state index contributed by atoms with van der Waals surface area (Å²) in [6, 6.07) is 14.2. The SMILES string of the molecule is CCCCOc1ccccc1CC1C(=O)Nc2ccc(C)cc21. The molecule has 1 amide bonds. The van der Waals surface area contributed by atoms with Crippen molar-refractivity contribution in [2.45, 2.75) is 39.0 Å². The molecule has 3 nitrogen and oxygen atoms in total. The van der Waals surface area contributed by atoms with Gasteiger partial charge in [0.25, 0.3) is 0 Å². The predicted octanol–water partition coefficient (Wildman–Crippen LogP) is 4.45. The predicted molar refractivity (Wildman–Crippen MR) is 93.1 cm³/mol. The van der Waals surface area contributed by atoms with E-state index in [-0.39, 0.29) is 11.8 Å². The minimum atomic E-state index is -0.138. The summed E-state index contributed by atoms with van der Waals surface area (Å²) in [6.45, 7) is 4.93. The number of nitrogens with one attached hydrogen (secondary N) is 1. The lowest BCUT2D eigenvalue weighted by atomic mass is 9.92. The topological polar surface area (TPSA) is 38.3 Å². The molecule has 0 fully saturated rings. The third-order valence-corrected chi connectivity index (χ3v) is 4.31. The number of rotatable bonds is 6. The van der Waals surface area contributed by atoms with Crippen LogP contribution in [0.2, 0.25) is 0 Å². The van der Waals surface area contributed by atoms with E-state index in [1.54, 1.807) is 0 Å². The molecule has 120 valence electrons. The van der Waals surface area contributed by atoms with Gasteiger partial charge in [0.05, 0.1) is 12.5 Å². The molecule has 1 heterocycles. The largest absolute Gasteiger partial charge is 0.493 e. The molecule has 0 aromatic heterocycles. The maximum absolute atomic E-state index is 12.4. The number of amides is 1. The summed E-state index contributed by atoms with van der Waals surface area (Å²) in [7, 11) is 0. The number of anilines is 1. The van der Waals surface area contributed by atoms with Crippen molar-refractivity contribution in [3.05, 3.63) is 59.2 Å². The summed E-state index contributed by atoms with van der Waals surface area (Å²) >= 11 is 0. The second-order valence-electron chi connectivity index (χ2n) is 6.15. The molecule has 23 heavy (non-hydrogen) atoms. The zero-order chi connectivity index (χ0) is 16.2. The van der Waals surface area contributed by atoms with E-state index >= 15 is 0 Å². The van der Waals surface area contributed by atoms with Gasteiger partial charge in [0.1, 0.15) is 5.75 Å². The van der Waals surface area contributed by atoms with E-state index in [0.717, 1.165) is 42.0 Å². The molecule has 0 saturated heterocycles. The van der Waals surface area contributed by atoms with Gasteiger partial charge in [0, 0.05) is 5.69 Å². The Hall–Kier alpha value is -2.29. The summed E-state index contributed by atoms with van der Waals surface area (Å²) in [5, 5.41) is 2.99. The van der Waals surface area contributed by atoms with Crippen molar-refractivity contribution in [1.82, 2.24) is 0 Å². The highest BCUT2D eigenvalue weighted by Gasteiger charge is 2.31. The van der Waals surface area contributed by atoms with Crippen LogP contribution in [0.3, 0.4) is 0 Å². The zero-order valence-electron chi connectivity index (χ0n) is 13.8. The zero-order valence-corrected chi connectivity index (χ0v) is 13.8. The Kier molecular flexibility index (Phi) is 4.65. The Morgan fingerprint density at radius 1 is 1.17 bits per heavy atom. The van der Waals surface area contributed by atoms with Gasteiger partial charge in [-0.05, 0) is 43.0 Å². The lowest BCUT2D eigenvalue weighted by molar-refractivity contribution is -0.117. The van der Waals surface area contributed by atoms with E-state index in [1.165, 1.54) is 5.56 Å². The summed E-state index contributed by atoms with van der Waals surface area (Å²) in [4.78, 5) is 12.4. The maximum Gasteiger partial charge on any atom is 0.232 e. The molecule has 1 unspecified atom stereocenters. The number of carbonyl (C=O) groups excluding carboxylic acids is 1. The first-order valence-corrected chi connectivity index (χ1v) is 8.31. The molecule has 0 spiro atoms. The van der Waals surface area contributed by atoms with E-state index in [4.69, 9.17) is 4.74 Å². The van der Waals surface area contributed by atoms with Crippen LogP contribution in [0.1, 0.15) is 42.4 Å². The van der Waals surface area contributed by atoms with Gasteiger partial charge in [0.2, 0.25) is 5.91 Å². The first-order valence-electron chi connectivity index (χ1n) is 8.31. The number of hydrogen-bond donors (Lipinski definition) is 1. The van der Waals surface area contributed by atoms with Gasteiger partial charge in [-0.2, -0.15) is 0 Å². The van der Waals surface area contributed by atoms with Crippen molar-refractivity contribution in [2.75, 3.05) is 11.9 Å². The monoisotopic (exact) mass is 309 g/mol. The lowest BCUT2D eigenvalue weighted by Crippen LogP contribution is -2.15. The molecule has 0 radical (unpaired) electrons. The van der Waals surface area contributed by atoms with Gasteiger partial charge in [0.15, 0.2) is 0 Å². The maximum atomic E-state index is 12.4. The highest BCUT2D eigenvalue weighted by atomic mass is 16.5. The number of aryl methyl sites for hydroxylation is 1. The molecule has 1 aliphatic heterocycles. The van der Waals surface area contributed by atoms with Crippen LogP contribution >= 0.6 is 0 Å². The van der Waals surface area contributed by atoms with Crippen LogP contribution in [0.25, 0.3) is 0 Å². The Balaban J connectivity index is 1.83. The van der Waals surface area contributed by atoms with Crippen molar-refractivity contribution in [3.63, 3.8) is 0 Å². The summed E-state index contributed by atoms with van der Waals surface area (Å²) in [5.41, 5.74) is 4.31. The summed E-state index contributed by atoms with van der Waals surface area (Å²) in [5.74, 6) is 0.838. The van der Waals surface area contributed by atoms with Gasteiger partial charge in [-0.15, -0.1) is 0 Å². The van der Waals surface area contributed by atoms with Crippen LogP contribution in [-0.2, 0) is 11.2 Å². The van der Waals surface area contributed by atoms with Crippen molar-refractivity contribution in [1.29, 1.82) is 0 Å². The number of unbranched alkanes of at least 4 members (excludes halogenated alkanes) is 1. The molecule has 0 saturated carbocycles. The van der Waals surface area contributed by atoms with Crippen LogP contribution in [0, 0.1) is 6.92 Å². The van der Waals surface area contributed by atoms with Gasteiger partial charge in [-0.25, -0.2) is 0 Å². The first kappa shape index (κ1) is 15.6. The minimum absolute atomic E-state index is 0.0777. The molecule has 0 bridgehead atoms. The lowest BCUT2D eigenvalue weighted by Gasteiger charge is -2.14. The average Bonchev–Trinajstić information content (AvgIpc) is 2.85. The van der Waals surface area contributed by atoms with Crippen LogP contribution in [0.4, 0.5) is 5.69 Å². The summed E-state index contributed by atoms with van der Waals surface area (Å²) in [6.07, 6.45) is 2.82. The van der Waals surface area contributed by atoms with Crippen molar-refractivity contribution < 1.29 is 9.53 Å². The number of carbonyl (C=O) groups is 1. The molecular formula is C20H23NO2. The van der Waals surface area contributed by atoms with E-state index in [1.807, 2.05) is 30.3 Å². The number of benzene rings is 2. The highest BCUT2D eigenvalue weighted by molar-refractivity contribution is 6.03. The molecule has 1 atom stereocenters. The second kappa shape index (κ2) is 6.86. The smallest absolute Gasteiger partial charge is 0.232 e. The molecule has 1 aliphatic rings. The fourth-order valence-electron chi connectivity index (χ4n) is 3.01. The van der Waals surface area contributed by atoms with Gasteiger partial charge in [-0.3, -0.25) is 4.79 Å². The fourth-order valence-corrected chi connectivity index (χ4v) is 3.01. The Bertz CT molecular complexity index is 709. The number of fused-ring (bicyclic) bond motifs is 1. The molecule has 2 aromatic carbocycles. The molecule has 1 N–H and O–H groups in total. The van der Waals surface area contributed by atoms with E-state index < -0.39 is 0 Å². The molecule has 0 aliphatic carbocycles. The number of para-hydroxylation sites is 1. The Labute approximate surface area is 137 Å². The van der Waals surface area contributed by atoms with E-state index in [0.29, 0.717) is 6.42 Å². The second-order valence-corrected chi connectivity index (χ2v) is 6.15. The van der Waals surface area contributed by atoms with Gasteiger partial charge in [-0.1, -0.05) is 49.2 Å². The van der Waals surface area contributed by atoms with Crippen LogP contribution in [0.5, 0.6) is 5.75 Å². The molecule has 2 aromatic rings.